The zero-order valence-corrected chi connectivity index (χ0v) is 28.5. The minimum Gasteiger partial charge on any atom is -0.228 e. The first-order valence-corrected chi connectivity index (χ1v) is 18.4. The van der Waals surface area contributed by atoms with Crippen molar-refractivity contribution in [2.24, 2.45) is 0 Å². The predicted octanol–water partition coefficient (Wildman–Crippen LogP) is 12.0. The summed E-state index contributed by atoms with van der Waals surface area (Å²) in [6.07, 6.45) is 5.50. The van der Waals surface area contributed by atoms with Crippen molar-refractivity contribution in [3.05, 3.63) is 197 Å². The summed E-state index contributed by atoms with van der Waals surface area (Å²) in [5.41, 5.74) is 15.1. The Balaban J connectivity index is 1.19. The highest BCUT2D eigenvalue weighted by Gasteiger charge is 2.50. The molecule has 2 aliphatic carbocycles. The van der Waals surface area contributed by atoms with E-state index in [1.165, 1.54) is 65.1 Å². The molecule has 0 fully saturated rings. The minimum absolute atomic E-state index is 0.453. The maximum atomic E-state index is 5.44. The van der Waals surface area contributed by atoms with E-state index in [9.17, 15) is 0 Å². The smallest absolute Gasteiger partial charge is 0.161 e. The number of benzene rings is 7. The van der Waals surface area contributed by atoms with Gasteiger partial charge in [-0.05, 0) is 86.0 Å². The van der Waals surface area contributed by atoms with Crippen molar-refractivity contribution >= 4 is 28.6 Å². The number of aromatic nitrogens is 2. The molecule has 0 N–H and O–H groups in total. The van der Waals surface area contributed by atoms with E-state index in [0.29, 0.717) is 0 Å². The monoisotopic (exact) mass is 666 g/mol. The van der Waals surface area contributed by atoms with Crippen molar-refractivity contribution in [2.45, 2.75) is 21.6 Å². The molecule has 51 heavy (non-hydrogen) atoms. The van der Waals surface area contributed by atoms with E-state index in [0.717, 1.165) is 40.3 Å². The van der Waals surface area contributed by atoms with Crippen molar-refractivity contribution in [3.8, 4) is 45.0 Å². The molecule has 0 unspecified atom stereocenters. The van der Waals surface area contributed by atoms with Crippen LogP contribution in [0.1, 0.15) is 33.4 Å². The molecule has 0 saturated heterocycles. The first-order valence-electron chi connectivity index (χ1n) is 17.5. The van der Waals surface area contributed by atoms with Crippen LogP contribution in [-0.2, 0) is 11.8 Å². The van der Waals surface area contributed by atoms with Crippen molar-refractivity contribution in [1.82, 2.24) is 9.97 Å². The van der Waals surface area contributed by atoms with Gasteiger partial charge in [0.25, 0.3) is 0 Å². The molecule has 0 atom stereocenters. The maximum absolute atomic E-state index is 5.44. The standard InChI is InChI=1S/C48H30N2S/c1-2-13-30(14-3-1)42-29-43(34-27-32-17-10-15-31-16-11-18-33(28-34)45(31)32)50-47(49-42)37-21-12-25-41-46(37)51-44-26-9-8-24-40(44)48(41)38-22-6-4-19-35(38)36-20-5-7-23-39(36)48/h1-15,17-29H,16H2. The van der Waals surface area contributed by atoms with Crippen LogP contribution in [0, 0.1) is 0 Å². The summed E-state index contributed by atoms with van der Waals surface area (Å²) in [6, 6.07) is 57.5. The van der Waals surface area contributed by atoms with E-state index in [-0.39, 0.29) is 0 Å². The summed E-state index contributed by atoms with van der Waals surface area (Å²) >= 11 is 1.85. The molecular formula is C48H30N2S. The van der Waals surface area contributed by atoms with Crippen LogP contribution in [0.15, 0.2) is 174 Å². The Bertz CT molecular complexity index is 2720. The van der Waals surface area contributed by atoms with E-state index in [1.54, 1.807) is 0 Å². The number of nitrogens with zero attached hydrogens (tertiary/aromatic N) is 2. The summed E-state index contributed by atoms with van der Waals surface area (Å²) < 4.78 is 0. The summed E-state index contributed by atoms with van der Waals surface area (Å²) in [4.78, 5) is 13.3. The molecule has 7 aromatic carbocycles. The van der Waals surface area contributed by atoms with Crippen LogP contribution in [-0.4, -0.2) is 9.97 Å². The van der Waals surface area contributed by atoms with Gasteiger partial charge in [-0.3, -0.25) is 0 Å². The summed E-state index contributed by atoms with van der Waals surface area (Å²) in [5.74, 6) is 0.739. The van der Waals surface area contributed by atoms with Crippen LogP contribution in [0.5, 0.6) is 0 Å². The van der Waals surface area contributed by atoms with Gasteiger partial charge in [0.15, 0.2) is 5.82 Å². The van der Waals surface area contributed by atoms with Gasteiger partial charge in [0.2, 0.25) is 0 Å². The first kappa shape index (κ1) is 28.8. The molecular weight excluding hydrogens is 637 g/mol. The predicted molar refractivity (Wildman–Crippen MR) is 210 cm³/mol. The summed E-state index contributed by atoms with van der Waals surface area (Å²) in [7, 11) is 0. The van der Waals surface area contributed by atoms with Crippen LogP contribution in [0.25, 0.3) is 61.9 Å². The summed E-state index contributed by atoms with van der Waals surface area (Å²) in [6.45, 7) is 0. The lowest BCUT2D eigenvalue weighted by Gasteiger charge is -2.40. The molecule has 1 aliphatic heterocycles. The topological polar surface area (TPSA) is 25.8 Å². The molecule has 8 aromatic rings. The fourth-order valence-corrected chi connectivity index (χ4v) is 10.1. The quantitative estimate of drug-likeness (QED) is 0.188. The van der Waals surface area contributed by atoms with Gasteiger partial charge in [-0.25, -0.2) is 9.97 Å². The maximum Gasteiger partial charge on any atom is 0.161 e. The highest BCUT2D eigenvalue weighted by Crippen LogP contribution is 2.63. The number of fused-ring (bicyclic) bond motifs is 9. The van der Waals surface area contributed by atoms with Crippen molar-refractivity contribution in [2.75, 3.05) is 0 Å². The second kappa shape index (κ2) is 11.0. The highest BCUT2D eigenvalue weighted by molar-refractivity contribution is 7.99. The number of hydrogen-bond donors (Lipinski definition) is 0. The van der Waals surface area contributed by atoms with Gasteiger partial charge < -0.3 is 0 Å². The molecule has 2 nitrogen and oxygen atoms in total. The lowest BCUT2D eigenvalue weighted by molar-refractivity contribution is 0.723. The van der Waals surface area contributed by atoms with Gasteiger partial charge >= 0.3 is 0 Å². The van der Waals surface area contributed by atoms with Gasteiger partial charge in [0.1, 0.15) is 0 Å². The lowest BCUT2D eigenvalue weighted by atomic mass is 9.67. The van der Waals surface area contributed by atoms with E-state index < -0.39 is 5.41 Å². The Morgan fingerprint density at radius 3 is 1.96 bits per heavy atom. The Morgan fingerprint density at radius 1 is 0.510 bits per heavy atom. The van der Waals surface area contributed by atoms with Crippen molar-refractivity contribution < 1.29 is 0 Å². The molecule has 0 radical (unpaired) electrons. The SMILES string of the molecule is C1=Cc2cc(-c3cc(-c4ccccc4)nc(-c4cccc5c4Sc4ccccc4C54c5ccccc5-c5ccccc54)n3)cc3cccc(c23)C1. The molecule has 238 valence electrons. The molecule has 11 rings (SSSR count). The molecule has 1 spiro atoms. The highest BCUT2D eigenvalue weighted by atomic mass is 32.2. The number of allylic oxidation sites excluding steroid dienone is 1. The lowest BCUT2D eigenvalue weighted by Crippen LogP contribution is -2.32. The molecule has 2 heterocycles. The zero-order valence-electron chi connectivity index (χ0n) is 27.7. The average molecular weight is 667 g/mol. The molecule has 0 amide bonds. The average Bonchev–Trinajstić information content (AvgIpc) is 3.49. The van der Waals surface area contributed by atoms with E-state index in [4.69, 9.17) is 9.97 Å². The second-order valence-electron chi connectivity index (χ2n) is 13.6. The third-order valence-electron chi connectivity index (χ3n) is 10.9. The Labute approximate surface area is 301 Å². The minimum atomic E-state index is -0.453. The largest absolute Gasteiger partial charge is 0.228 e. The Hall–Kier alpha value is -6.03. The number of rotatable bonds is 3. The van der Waals surface area contributed by atoms with Crippen LogP contribution < -0.4 is 0 Å². The first-order chi connectivity index (χ1) is 25.3. The van der Waals surface area contributed by atoms with Crippen LogP contribution in [0.2, 0.25) is 0 Å². The van der Waals surface area contributed by atoms with E-state index in [2.05, 4.69) is 170 Å². The Kier molecular flexibility index (Phi) is 6.20. The van der Waals surface area contributed by atoms with Crippen molar-refractivity contribution in [1.29, 1.82) is 0 Å². The van der Waals surface area contributed by atoms with Gasteiger partial charge in [0, 0.05) is 26.5 Å². The fourth-order valence-electron chi connectivity index (χ4n) is 8.83. The van der Waals surface area contributed by atoms with Gasteiger partial charge in [-0.1, -0.05) is 157 Å². The molecule has 3 aliphatic rings. The fraction of sp³-hybridized carbons (Fsp3) is 0.0417. The van der Waals surface area contributed by atoms with E-state index in [1.807, 2.05) is 11.8 Å². The third kappa shape index (κ3) is 4.13. The van der Waals surface area contributed by atoms with Crippen LogP contribution in [0.3, 0.4) is 0 Å². The second-order valence-corrected chi connectivity index (χ2v) is 14.7. The van der Waals surface area contributed by atoms with E-state index >= 15 is 0 Å². The summed E-state index contributed by atoms with van der Waals surface area (Å²) in [5, 5.41) is 2.59. The van der Waals surface area contributed by atoms with Crippen LogP contribution >= 0.6 is 11.8 Å². The zero-order chi connectivity index (χ0) is 33.5. The molecule has 0 bridgehead atoms. The number of hydrogen-bond acceptors (Lipinski definition) is 3. The van der Waals surface area contributed by atoms with Gasteiger partial charge in [-0.2, -0.15) is 0 Å². The Morgan fingerprint density at radius 2 is 1.16 bits per heavy atom. The molecule has 3 heteroatoms. The normalized spacial score (nSPS) is 14.2. The van der Waals surface area contributed by atoms with Crippen LogP contribution in [0.4, 0.5) is 0 Å². The molecule has 1 aromatic heterocycles. The van der Waals surface area contributed by atoms with Gasteiger partial charge in [0.05, 0.1) is 16.8 Å². The molecule has 0 saturated carbocycles. The third-order valence-corrected chi connectivity index (χ3v) is 12.2. The van der Waals surface area contributed by atoms with Gasteiger partial charge in [-0.15, -0.1) is 0 Å². The van der Waals surface area contributed by atoms with Crippen molar-refractivity contribution in [3.63, 3.8) is 0 Å².